The van der Waals surface area contributed by atoms with Gasteiger partial charge in [-0.05, 0) is 19.5 Å². The number of rotatable bonds is 6. The Hall–Kier alpha value is -3.13. The number of nitrogens with two attached hydrogens (primary N) is 1. The lowest BCUT2D eigenvalue weighted by atomic mass is 10.2. The van der Waals surface area contributed by atoms with Gasteiger partial charge in [-0.25, -0.2) is 4.68 Å². The molecular weight excluding hydrogens is 330 g/mol. The van der Waals surface area contributed by atoms with E-state index in [2.05, 4.69) is 15.3 Å². The summed E-state index contributed by atoms with van der Waals surface area (Å²) in [5.74, 6) is 1.09. The normalized spacial score (nSPS) is 10.1. The number of anilines is 1. The average Bonchev–Trinajstić information content (AvgIpc) is 2.61. The number of aryl methyl sites for hydroxylation is 2. The van der Waals surface area contributed by atoms with Crippen LogP contribution in [0, 0.1) is 12.3 Å². The fourth-order valence-corrected chi connectivity index (χ4v) is 2.12. The lowest BCUT2D eigenvalue weighted by Gasteiger charge is -2.16. The molecule has 0 aliphatic rings. The fourth-order valence-electron chi connectivity index (χ4n) is 2.12. The van der Waals surface area contributed by atoms with Gasteiger partial charge < -0.3 is 21.2 Å². The van der Waals surface area contributed by atoms with E-state index in [9.17, 15) is 0 Å². The number of likely N-dealkylation sites (N-methyl/N-ethyl adjacent to an activating group) is 1. The van der Waals surface area contributed by atoms with Crippen molar-refractivity contribution in [3.05, 3.63) is 53.9 Å². The summed E-state index contributed by atoms with van der Waals surface area (Å²) in [5, 5.41) is 9.89. The van der Waals surface area contributed by atoms with Crippen LogP contribution in [0.5, 0.6) is 6.01 Å². The molecule has 0 atom stereocenters. The van der Waals surface area contributed by atoms with Crippen molar-refractivity contribution in [3.63, 3.8) is 0 Å². The molecule has 0 bridgehead atoms. The number of aromatic nitrogens is 4. The molecule has 0 radical (unpaired) electrons. The van der Waals surface area contributed by atoms with Crippen LogP contribution in [0.3, 0.4) is 0 Å². The summed E-state index contributed by atoms with van der Waals surface area (Å²) in [5.41, 5.74) is 7.88. The maximum Gasteiger partial charge on any atom is 0.320 e. The molecule has 26 heavy (non-hydrogen) atoms. The van der Waals surface area contributed by atoms with Crippen molar-refractivity contribution < 1.29 is 7.59 Å². The Labute approximate surface area is 156 Å². The summed E-state index contributed by atoms with van der Waals surface area (Å²) in [4.78, 5) is 8.29. The number of benzene rings is 1. The van der Waals surface area contributed by atoms with E-state index in [0.717, 1.165) is 12.1 Å². The molecule has 0 saturated heterocycles. The van der Waals surface area contributed by atoms with Crippen LogP contribution in [-0.4, -0.2) is 45.7 Å². The maximum atomic E-state index is 6.92. The Bertz CT molecular complexity index is 848. The highest BCUT2D eigenvalue weighted by atomic mass is 16.5. The third-order valence-corrected chi connectivity index (χ3v) is 3.50. The fraction of sp³-hybridized carbons (Fsp3) is 0.278. The van der Waals surface area contributed by atoms with Crippen molar-refractivity contribution in [1.82, 2.24) is 24.6 Å². The smallest absolute Gasteiger partial charge is 0.320 e. The Morgan fingerprint density at radius 1 is 1.31 bits per heavy atom. The minimum Gasteiger partial charge on any atom is -0.462 e. The minimum absolute atomic E-state index is 0. The number of ether oxygens (including phenoxy) is 1. The first-order valence-corrected chi connectivity index (χ1v) is 8.23. The summed E-state index contributed by atoms with van der Waals surface area (Å²) in [6.07, 6.45) is 5.16. The Kier molecular flexibility index (Phi) is 6.92. The number of hydrogen-bond donors (Lipinski definition) is 3. The van der Waals surface area contributed by atoms with Crippen LogP contribution in [0.1, 0.15) is 14.0 Å². The van der Waals surface area contributed by atoms with Gasteiger partial charge in [0.05, 0.1) is 0 Å². The number of nitrogens with zero attached hydrogens (tertiary/aromatic N) is 4. The van der Waals surface area contributed by atoms with Crippen LogP contribution in [0.2, 0.25) is 0 Å². The van der Waals surface area contributed by atoms with E-state index >= 15 is 0 Å². The Morgan fingerprint density at radius 2 is 2.12 bits per heavy atom. The van der Waals surface area contributed by atoms with Crippen LogP contribution in [0.4, 0.5) is 5.82 Å². The largest absolute Gasteiger partial charge is 0.462 e. The SMILES string of the molecule is CNCCOc1nc(N)cc(-n2ccn2C)n1.Cc1cccc(C=N)c1.[HH].[HH]. The van der Waals surface area contributed by atoms with E-state index in [0.29, 0.717) is 24.3 Å². The molecule has 3 aromatic rings. The topological polar surface area (TPSA) is 107 Å². The molecule has 0 amide bonds. The van der Waals surface area contributed by atoms with Gasteiger partial charge in [0.2, 0.25) is 0 Å². The van der Waals surface area contributed by atoms with Crippen LogP contribution in [0.25, 0.3) is 5.82 Å². The summed E-state index contributed by atoms with van der Waals surface area (Å²) in [6, 6.07) is 9.87. The zero-order chi connectivity index (χ0) is 18.9. The third-order valence-electron chi connectivity index (χ3n) is 3.50. The van der Waals surface area contributed by atoms with Gasteiger partial charge in [-0.3, -0.25) is 4.68 Å². The van der Waals surface area contributed by atoms with Gasteiger partial charge in [-0.2, -0.15) is 9.97 Å². The van der Waals surface area contributed by atoms with Crippen molar-refractivity contribution in [3.8, 4) is 11.8 Å². The molecule has 0 fully saturated rings. The van der Waals surface area contributed by atoms with Crippen molar-refractivity contribution in [1.29, 1.82) is 5.41 Å². The molecule has 4 N–H and O–H groups in total. The average molecular weight is 359 g/mol. The molecule has 0 aliphatic carbocycles. The van der Waals surface area contributed by atoms with E-state index in [-0.39, 0.29) is 2.85 Å². The Morgan fingerprint density at radius 3 is 2.65 bits per heavy atom. The van der Waals surface area contributed by atoms with E-state index in [1.54, 1.807) is 6.07 Å². The van der Waals surface area contributed by atoms with Crippen molar-refractivity contribution in [2.24, 2.45) is 7.05 Å². The quantitative estimate of drug-likeness (QED) is 0.462. The van der Waals surface area contributed by atoms with Gasteiger partial charge in [-0.15, -0.1) is 0 Å². The van der Waals surface area contributed by atoms with Crippen LogP contribution in [0.15, 0.2) is 42.7 Å². The zero-order valence-electron chi connectivity index (χ0n) is 15.3. The molecule has 3 rings (SSSR count). The second kappa shape index (κ2) is 9.38. The highest BCUT2D eigenvalue weighted by molar-refractivity contribution is 5.76. The number of nitrogen functional groups attached to an aromatic ring is 1. The molecule has 0 saturated carbocycles. The molecule has 2 heterocycles. The highest BCUT2D eigenvalue weighted by Gasteiger charge is 2.07. The van der Waals surface area contributed by atoms with Crippen molar-refractivity contribution in [2.75, 3.05) is 25.9 Å². The van der Waals surface area contributed by atoms with Crippen LogP contribution >= 0.6 is 0 Å². The van der Waals surface area contributed by atoms with E-state index < -0.39 is 0 Å². The highest BCUT2D eigenvalue weighted by Crippen LogP contribution is 2.13. The van der Waals surface area contributed by atoms with E-state index in [1.807, 2.05) is 67.0 Å². The van der Waals surface area contributed by atoms with E-state index in [1.165, 1.54) is 11.8 Å². The van der Waals surface area contributed by atoms with Crippen LogP contribution < -0.4 is 15.8 Å². The third kappa shape index (κ3) is 5.45. The Balaban J connectivity index is 0.000000570. The molecular formula is C18H29N7O. The second-order valence-corrected chi connectivity index (χ2v) is 5.66. The first-order chi connectivity index (χ1) is 12.5. The molecule has 0 aliphatic heterocycles. The monoisotopic (exact) mass is 359 g/mol. The molecule has 2 aromatic heterocycles. The molecule has 8 heteroatoms. The summed E-state index contributed by atoms with van der Waals surface area (Å²) >= 11 is 0. The second-order valence-electron chi connectivity index (χ2n) is 5.66. The van der Waals surface area contributed by atoms with Crippen molar-refractivity contribution in [2.45, 2.75) is 6.92 Å². The van der Waals surface area contributed by atoms with Gasteiger partial charge in [0.1, 0.15) is 12.4 Å². The summed E-state index contributed by atoms with van der Waals surface area (Å²) in [7, 11) is 3.77. The first-order valence-electron chi connectivity index (χ1n) is 8.23. The standard InChI is InChI=1S/C10H16N6O.C8H9N.2H2/c1-12-3-6-17-10-13-8(11)7-9(14-10)16-5-4-15(16)2;1-7-3-2-4-8(5-7)6-9;;/h4-5,7,12H,3,6H2,1-2H3,(H2,11,13,14);2-6,9H,1H3;2*1H. The van der Waals surface area contributed by atoms with Gasteiger partial charge >= 0.3 is 6.01 Å². The predicted octanol–water partition coefficient (Wildman–Crippen LogP) is 2.27. The van der Waals surface area contributed by atoms with E-state index in [4.69, 9.17) is 15.9 Å². The molecule has 0 spiro atoms. The van der Waals surface area contributed by atoms with Crippen molar-refractivity contribution >= 4 is 12.0 Å². The molecule has 1 aromatic carbocycles. The van der Waals surface area contributed by atoms with Gasteiger partial charge in [0.25, 0.3) is 0 Å². The lowest BCUT2D eigenvalue weighted by Crippen LogP contribution is -2.19. The zero-order valence-corrected chi connectivity index (χ0v) is 15.3. The lowest BCUT2D eigenvalue weighted by molar-refractivity contribution is 0.293. The van der Waals surface area contributed by atoms with Gasteiger partial charge in [0, 0.05) is 41.1 Å². The van der Waals surface area contributed by atoms with Gasteiger partial charge in [0.15, 0.2) is 5.82 Å². The molecule has 0 unspecified atom stereocenters. The van der Waals surface area contributed by atoms with Gasteiger partial charge in [-0.1, -0.05) is 29.8 Å². The number of nitrogens with one attached hydrogen (secondary N) is 2. The molecule has 142 valence electrons. The predicted molar refractivity (Wildman–Crippen MR) is 107 cm³/mol. The first kappa shape index (κ1) is 19.2. The molecule has 8 nitrogen and oxygen atoms in total. The minimum atomic E-state index is 0. The summed E-state index contributed by atoms with van der Waals surface area (Å²) in [6.45, 7) is 3.26. The summed E-state index contributed by atoms with van der Waals surface area (Å²) < 4.78 is 9.13. The van der Waals surface area contributed by atoms with Crippen LogP contribution in [-0.2, 0) is 7.05 Å². The number of hydrogen-bond acceptors (Lipinski definition) is 6. The maximum absolute atomic E-state index is 6.92.